The van der Waals surface area contributed by atoms with Crippen LogP contribution in [-0.4, -0.2) is 33.9 Å². The van der Waals surface area contributed by atoms with Gasteiger partial charge in [-0.1, -0.05) is 36.4 Å². The number of carboxylic acid groups (broad SMARTS) is 1. The van der Waals surface area contributed by atoms with Gasteiger partial charge in [0.1, 0.15) is 11.5 Å². The molecule has 172 valence electrons. The Hall–Kier alpha value is -4.27. The maximum absolute atomic E-state index is 12.7. The van der Waals surface area contributed by atoms with Crippen LogP contribution in [0.15, 0.2) is 59.5 Å². The number of nitrogens with one attached hydrogen (secondary N) is 2. The maximum Gasteiger partial charge on any atom is 0.319 e. The Balaban J connectivity index is 1.93. The highest BCUT2D eigenvalue weighted by Gasteiger charge is 2.22. The summed E-state index contributed by atoms with van der Waals surface area (Å²) in [5, 5.41) is 24.6. The summed E-state index contributed by atoms with van der Waals surface area (Å²) in [6.45, 7) is 1.59. The molecule has 2 amide bonds. The Morgan fingerprint density at radius 1 is 1.15 bits per heavy atom. The van der Waals surface area contributed by atoms with E-state index in [0.717, 1.165) is 11.1 Å². The van der Waals surface area contributed by atoms with Crippen LogP contribution in [-0.2, 0) is 11.8 Å². The van der Waals surface area contributed by atoms with Gasteiger partial charge in [0, 0.05) is 24.4 Å². The quantitative estimate of drug-likeness (QED) is 0.436. The van der Waals surface area contributed by atoms with Gasteiger partial charge in [-0.05, 0) is 30.2 Å². The van der Waals surface area contributed by atoms with E-state index in [-0.39, 0.29) is 11.4 Å². The van der Waals surface area contributed by atoms with Crippen LogP contribution in [0.25, 0.3) is 11.1 Å². The van der Waals surface area contributed by atoms with Crippen molar-refractivity contribution >= 4 is 17.7 Å². The Morgan fingerprint density at radius 2 is 1.85 bits per heavy atom. The van der Waals surface area contributed by atoms with Gasteiger partial charge < -0.3 is 30.2 Å². The Kier molecular flexibility index (Phi) is 7.02. The summed E-state index contributed by atoms with van der Waals surface area (Å²) in [6, 6.07) is 12.8. The molecule has 3 rings (SSSR count). The first-order chi connectivity index (χ1) is 15.7. The number of anilines is 1. The zero-order chi connectivity index (χ0) is 24.1. The van der Waals surface area contributed by atoms with Crippen LogP contribution in [0.4, 0.5) is 10.5 Å². The second kappa shape index (κ2) is 9.90. The number of methoxy groups -OCH3 is 1. The van der Waals surface area contributed by atoms with E-state index in [1.54, 1.807) is 25.1 Å². The molecule has 1 heterocycles. The molecule has 0 fully saturated rings. The number of pyridine rings is 1. The lowest BCUT2D eigenvalue weighted by atomic mass is 9.97. The minimum absolute atomic E-state index is 0.288. The molecular weight excluding hydrogens is 426 g/mol. The number of benzene rings is 2. The second-order valence-corrected chi connectivity index (χ2v) is 7.53. The number of carbonyl (C=O) groups excluding carboxylic acids is 1. The number of hydrogen-bond donors (Lipinski definition) is 4. The van der Waals surface area contributed by atoms with E-state index in [2.05, 4.69) is 10.6 Å². The summed E-state index contributed by atoms with van der Waals surface area (Å²) in [5.41, 5.74) is 1.65. The fourth-order valence-electron chi connectivity index (χ4n) is 3.52. The van der Waals surface area contributed by atoms with Gasteiger partial charge in [0.05, 0.1) is 19.6 Å². The number of aryl methyl sites for hydroxylation is 2. The van der Waals surface area contributed by atoms with Crippen LogP contribution in [0.3, 0.4) is 0 Å². The number of carbonyl (C=O) groups is 2. The van der Waals surface area contributed by atoms with E-state index in [9.17, 15) is 24.6 Å². The predicted molar refractivity (Wildman–Crippen MR) is 124 cm³/mol. The van der Waals surface area contributed by atoms with Gasteiger partial charge in [-0.2, -0.15) is 0 Å². The third-order valence-corrected chi connectivity index (χ3v) is 5.17. The first-order valence-electron chi connectivity index (χ1n) is 10.1. The van der Waals surface area contributed by atoms with Crippen molar-refractivity contribution < 1.29 is 24.5 Å². The smallest absolute Gasteiger partial charge is 0.319 e. The van der Waals surface area contributed by atoms with E-state index in [4.69, 9.17) is 4.74 Å². The summed E-state index contributed by atoms with van der Waals surface area (Å²) >= 11 is 0. The highest BCUT2D eigenvalue weighted by molar-refractivity contribution is 5.91. The number of aromatic nitrogens is 1. The lowest BCUT2D eigenvalue weighted by Crippen LogP contribution is -2.36. The predicted octanol–water partition coefficient (Wildman–Crippen LogP) is 3.41. The van der Waals surface area contributed by atoms with Crippen molar-refractivity contribution in [1.82, 2.24) is 9.88 Å². The van der Waals surface area contributed by atoms with Gasteiger partial charge in [-0.25, -0.2) is 4.79 Å². The number of nitrogens with zero attached hydrogens (tertiary/aromatic N) is 1. The van der Waals surface area contributed by atoms with Crippen molar-refractivity contribution in [1.29, 1.82) is 0 Å². The molecule has 4 N–H and O–H groups in total. The molecule has 0 radical (unpaired) electrons. The van der Waals surface area contributed by atoms with Crippen LogP contribution in [0.5, 0.6) is 11.5 Å². The molecule has 3 aromatic rings. The second-order valence-electron chi connectivity index (χ2n) is 7.53. The average Bonchev–Trinajstić information content (AvgIpc) is 2.80. The van der Waals surface area contributed by atoms with Gasteiger partial charge in [-0.15, -0.1) is 0 Å². The number of aliphatic carboxylic acids is 1. The lowest BCUT2D eigenvalue weighted by molar-refractivity contribution is -0.137. The molecule has 0 saturated heterocycles. The number of carboxylic acids is 1. The van der Waals surface area contributed by atoms with Gasteiger partial charge in [0.25, 0.3) is 5.56 Å². The minimum Gasteiger partial charge on any atom is -0.505 e. The van der Waals surface area contributed by atoms with Crippen LogP contribution in [0.1, 0.15) is 23.6 Å². The topological polar surface area (TPSA) is 130 Å². The van der Waals surface area contributed by atoms with Crippen LogP contribution < -0.4 is 20.9 Å². The zero-order valence-corrected chi connectivity index (χ0v) is 18.5. The van der Waals surface area contributed by atoms with Crippen molar-refractivity contribution in [2.75, 3.05) is 12.4 Å². The van der Waals surface area contributed by atoms with Gasteiger partial charge in [-0.3, -0.25) is 9.59 Å². The number of ether oxygens (including phenoxy) is 1. The fourth-order valence-corrected chi connectivity index (χ4v) is 3.52. The van der Waals surface area contributed by atoms with E-state index >= 15 is 0 Å². The molecule has 0 aliphatic carbocycles. The van der Waals surface area contributed by atoms with Crippen molar-refractivity contribution in [3.05, 3.63) is 76.2 Å². The normalized spacial score (nSPS) is 11.5. The number of hydrogen-bond acceptors (Lipinski definition) is 5. The molecule has 0 aliphatic heterocycles. The monoisotopic (exact) mass is 451 g/mol. The zero-order valence-electron chi connectivity index (χ0n) is 18.5. The molecule has 1 aromatic heterocycles. The molecule has 1 atom stereocenters. The molecule has 33 heavy (non-hydrogen) atoms. The molecule has 0 spiro atoms. The molecular formula is C24H25N3O6. The Morgan fingerprint density at radius 3 is 2.48 bits per heavy atom. The Bertz CT molecular complexity index is 1240. The van der Waals surface area contributed by atoms with Gasteiger partial charge in [0.2, 0.25) is 0 Å². The van der Waals surface area contributed by atoms with Crippen LogP contribution in [0, 0.1) is 6.92 Å². The summed E-state index contributed by atoms with van der Waals surface area (Å²) in [7, 11) is 3.03. The van der Waals surface area contributed by atoms with E-state index < -0.39 is 30.0 Å². The largest absolute Gasteiger partial charge is 0.505 e. The number of urea groups is 1. The maximum atomic E-state index is 12.7. The summed E-state index contributed by atoms with van der Waals surface area (Å²) in [6.07, 6.45) is 1.04. The van der Waals surface area contributed by atoms with Crippen LogP contribution in [0.2, 0.25) is 0 Å². The fraction of sp³-hybridized carbons (Fsp3) is 0.208. The number of aromatic hydroxyl groups is 1. The van der Waals surface area contributed by atoms with Crippen molar-refractivity contribution in [3.63, 3.8) is 0 Å². The first-order valence-corrected chi connectivity index (χ1v) is 10.1. The lowest BCUT2D eigenvalue weighted by Gasteiger charge is -2.20. The third-order valence-electron chi connectivity index (χ3n) is 5.17. The van der Waals surface area contributed by atoms with Crippen LogP contribution >= 0.6 is 0 Å². The van der Waals surface area contributed by atoms with Crippen molar-refractivity contribution in [2.45, 2.75) is 19.4 Å². The van der Waals surface area contributed by atoms with Crippen molar-refractivity contribution in [3.8, 4) is 22.6 Å². The third kappa shape index (κ3) is 5.32. The van der Waals surface area contributed by atoms with Gasteiger partial charge in [0.15, 0.2) is 5.69 Å². The summed E-state index contributed by atoms with van der Waals surface area (Å²) < 4.78 is 6.67. The Labute approximate surface area is 190 Å². The number of rotatable bonds is 7. The highest BCUT2D eigenvalue weighted by Crippen LogP contribution is 2.33. The SMILES string of the molecule is COc1ccc(C(CC(=O)O)NC(=O)Nc2c(O)c(C)cn(C)c2=O)cc1-c1ccccc1. The van der Waals surface area contributed by atoms with E-state index in [1.807, 2.05) is 30.3 Å². The standard InChI is InChI=1S/C24H25N3O6/c1-14-13-27(2)23(31)21(22(14)30)26-24(32)25-18(12-20(28)29)16-9-10-19(33-3)17(11-16)15-7-5-4-6-8-15/h4-11,13,18,30H,12H2,1-3H3,(H,28,29)(H2,25,26,32). The molecule has 9 heteroatoms. The molecule has 0 aliphatic rings. The van der Waals surface area contributed by atoms with E-state index in [1.165, 1.54) is 24.9 Å². The molecule has 0 saturated carbocycles. The average molecular weight is 451 g/mol. The molecule has 9 nitrogen and oxygen atoms in total. The summed E-state index contributed by atoms with van der Waals surface area (Å²) in [4.78, 5) is 36.5. The number of amides is 2. The molecule has 2 aromatic carbocycles. The van der Waals surface area contributed by atoms with Gasteiger partial charge >= 0.3 is 12.0 Å². The first kappa shape index (κ1) is 23.4. The highest BCUT2D eigenvalue weighted by atomic mass is 16.5. The van der Waals surface area contributed by atoms with E-state index in [0.29, 0.717) is 16.9 Å². The van der Waals surface area contributed by atoms with Crippen molar-refractivity contribution in [2.24, 2.45) is 7.05 Å². The minimum atomic E-state index is -1.12. The summed E-state index contributed by atoms with van der Waals surface area (Å²) in [5.74, 6) is -0.873. The molecule has 1 unspecified atom stereocenters. The molecule has 0 bridgehead atoms.